The van der Waals surface area contributed by atoms with Gasteiger partial charge in [-0.2, -0.15) is 0 Å². The smallest absolute Gasteiger partial charge is 0.000346 e. The summed E-state index contributed by atoms with van der Waals surface area (Å²) < 4.78 is 0. The van der Waals surface area contributed by atoms with Crippen LogP contribution >= 0.6 is 12.4 Å². The lowest BCUT2D eigenvalue weighted by molar-refractivity contribution is 0.301. The third-order valence-electron chi connectivity index (χ3n) is 2.17. The first kappa shape index (κ1) is 14.8. The van der Waals surface area contributed by atoms with Crippen LogP contribution in [0.2, 0.25) is 0 Å². The van der Waals surface area contributed by atoms with Crippen LogP contribution in [0.3, 0.4) is 0 Å². The van der Waals surface area contributed by atoms with Gasteiger partial charge in [0, 0.05) is 6.54 Å². The largest absolute Gasteiger partial charge is 0.309 e. The molecule has 0 fully saturated rings. The summed E-state index contributed by atoms with van der Waals surface area (Å²) in [5.41, 5.74) is 0. The van der Waals surface area contributed by atoms with Crippen molar-refractivity contribution in [1.82, 2.24) is 4.90 Å². The van der Waals surface area contributed by atoms with E-state index in [0.29, 0.717) is 0 Å². The number of hydrogen-bond donors (Lipinski definition) is 0. The van der Waals surface area contributed by atoms with Gasteiger partial charge in [-0.1, -0.05) is 33.1 Å². The molecule has 0 rings (SSSR count). The van der Waals surface area contributed by atoms with E-state index in [1.807, 2.05) is 0 Å². The van der Waals surface area contributed by atoms with Gasteiger partial charge in [0.25, 0.3) is 0 Å². The molecule has 0 aromatic carbocycles. The zero-order valence-electron chi connectivity index (χ0n) is 8.97. The summed E-state index contributed by atoms with van der Waals surface area (Å²) in [4.78, 5) is 2.30. The fraction of sp³-hybridized carbons (Fsp3) is 1.00. The Hall–Kier alpha value is 0.250. The topological polar surface area (TPSA) is 3.24 Å². The Morgan fingerprint density at radius 2 is 1.75 bits per heavy atom. The molecule has 0 saturated carbocycles. The highest BCUT2D eigenvalue weighted by Crippen LogP contribution is 2.12. The van der Waals surface area contributed by atoms with Crippen molar-refractivity contribution in [3.8, 4) is 0 Å². The minimum absolute atomic E-state index is 0. The van der Waals surface area contributed by atoms with Gasteiger partial charge in [-0.15, -0.1) is 12.4 Å². The molecule has 0 N–H and O–H groups in total. The summed E-state index contributed by atoms with van der Waals surface area (Å²) in [5, 5.41) is 0. The van der Waals surface area contributed by atoms with Gasteiger partial charge in [0.1, 0.15) is 0 Å². The zero-order valence-corrected chi connectivity index (χ0v) is 9.78. The van der Waals surface area contributed by atoms with Crippen molar-refractivity contribution in [2.45, 2.75) is 39.5 Å². The van der Waals surface area contributed by atoms with Gasteiger partial charge in [-0.25, -0.2) is 0 Å². The summed E-state index contributed by atoms with van der Waals surface area (Å²) in [6.45, 7) is 5.82. The quantitative estimate of drug-likeness (QED) is 0.627. The van der Waals surface area contributed by atoms with Gasteiger partial charge in [0.15, 0.2) is 0 Å². The molecule has 0 aromatic heterocycles. The monoisotopic (exact) mass is 193 g/mol. The van der Waals surface area contributed by atoms with Crippen LogP contribution < -0.4 is 0 Å². The van der Waals surface area contributed by atoms with E-state index < -0.39 is 0 Å². The van der Waals surface area contributed by atoms with E-state index in [-0.39, 0.29) is 12.4 Å². The van der Waals surface area contributed by atoms with Crippen LogP contribution in [-0.2, 0) is 0 Å². The molecule has 0 heterocycles. The second-order valence-electron chi connectivity index (χ2n) is 3.68. The Morgan fingerprint density at radius 3 is 2.08 bits per heavy atom. The van der Waals surface area contributed by atoms with Crippen LogP contribution in [0, 0.1) is 5.92 Å². The normalized spacial score (nSPS) is 12.8. The second kappa shape index (κ2) is 9.34. The Balaban J connectivity index is 0. The van der Waals surface area contributed by atoms with Crippen molar-refractivity contribution in [1.29, 1.82) is 0 Å². The third kappa shape index (κ3) is 8.35. The van der Waals surface area contributed by atoms with E-state index in [4.69, 9.17) is 0 Å². The lowest BCUT2D eigenvalue weighted by atomic mass is 9.99. The molecule has 2 heteroatoms. The average Bonchev–Trinajstić information content (AvgIpc) is 1.97. The van der Waals surface area contributed by atoms with Crippen molar-refractivity contribution in [2.24, 2.45) is 5.92 Å². The molecule has 1 unspecified atom stereocenters. The maximum absolute atomic E-state index is 2.30. The highest BCUT2D eigenvalue weighted by molar-refractivity contribution is 5.85. The molecular weight excluding hydrogens is 170 g/mol. The highest BCUT2D eigenvalue weighted by atomic mass is 35.5. The summed E-state index contributed by atoms with van der Waals surface area (Å²) in [5.74, 6) is 0.921. The lowest BCUT2D eigenvalue weighted by Crippen LogP contribution is -2.21. The molecule has 0 saturated heterocycles. The molecule has 0 radical (unpaired) electrons. The number of rotatable bonds is 6. The first-order chi connectivity index (χ1) is 5.20. The molecule has 0 aliphatic heterocycles. The number of hydrogen-bond acceptors (Lipinski definition) is 1. The molecule has 0 bridgehead atoms. The fourth-order valence-corrected chi connectivity index (χ4v) is 1.43. The first-order valence-corrected chi connectivity index (χ1v) is 4.85. The number of halogens is 1. The van der Waals surface area contributed by atoms with E-state index >= 15 is 0 Å². The van der Waals surface area contributed by atoms with Crippen molar-refractivity contribution in [3.05, 3.63) is 0 Å². The van der Waals surface area contributed by atoms with Crippen molar-refractivity contribution >= 4 is 12.4 Å². The Labute approximate surface area is 83.9 Å². The molecule has 0 aromatic rings. The highest BCUT2D eigenvalue weighted by Gasteiger charge is 2.05. The van der Waals surface area contributed by atoms with Gasteiger partial charge >= 0.3 is 0 Å². The maximum Gasteiger partial charge on any atom is 0.000346 e. The van der Waals surface area contributed by atoms with Crippen molar-refractivity contribution in [2.75, 3.05) is 20.6 Å². The van der Waals surface area contributed by atoms with Gasteiger partial charge in [-0.3, -0.25) is 0 Å². The standard InChI is InChI=1S/C10H23N.ClH/c1-5-7-8-10(6-2)9-11(3)4;/h10H,5-9H2,1-4H3;1H. The van der Waals surface area contributed by atoms with Gasteiger partial charge in [0.05, 0.1) is 0 Å². The molecule has 0 amide bonds. The predicted molar refractivity (Wildman–Crippen MR) is 59.1 cm³/mol. The summed E-state index contributed by atoms with van der Waals surface area (Å²) in [6.07, 6.45) is 5.47. The van der Waals surface area contributed by atoms with Crippen LogP contribution in [-0.4, -0.2) is 25.5 Å². The Bertz CT molecular complexity index is 83.9. The van der Waals surface area contributed by atoms with Crippen LogP contribution in [0.25, 0.3) is 0 Å². The van der Waals surface area contributed by atoms with Crippen molar-refractivity contribution < 1.29 is 0 Å². The molecule has 1 atom stereocenters. The van der Waals surface area contributed by atoms with Crippen LogP contribution in [0.5, 0.6) is 0 Å². The summed E-state index contributed by atoms with van der Waals surface area (Å²) >= 11 is 0. The van der Waals surface area contributed by atoms with Crippen molar-refractivity contribution in [3.63, 3.8) is 0 Å². The lowest BCUT2D eigenvalue weighted by Gasteiger charge is -2.18. The average molecular weight is 194 g/mol. The summed E-state index contributed by atoms with van der Waals surface area (Å²) in [6, 6.07) is 0. The van der Waals surface area contributed by atoms with E-state index in [9.17, 15) is 0 Å². The Morgan fingerprint density at radius 1 is 1.17 bits per heavy atom. The fourth-order valence-electron chi connectivity index (χ4n) is 1.43. The molecule has 12 heavy (non-hydrogen) atoms. The second-order valence-corrected chi connectivity index (χ2v) is 3.68. The minimum atomic E-state index is 0. The molecule has 1 nitrogen and oxygen atoms in total. The third-order valence-corrected chi connectivity index (χ3v) is 2.17. The minimum Gasteiger partial charge on any atom is -0.309 e. The maximum atomic E-state index is 2.30. The van der Waals surface area contributed by atoms with E-state index in [1.165, 1.54) is 32.2 Å². The van der Waals surface area contributed by atoms with E-state index in [2.05, 4.69) is 32.8 Å². The predicted octanol–water partition coefficient (Wildman–Crippen LogP) is 3.19. The van der Waals surface area contributed by atoms with Gasteiger partial charge in [0.2, 0.25) is 0 Å². The molecular formula is C10H24ClN. The first-order valence-electron chi connectivity index (χ1n) is 4.85. The SMILES string of the molecule is CCCCC(CC)CN(C)C.Cl. The van der Waals surface area contributed by atoms with Crippen LogP contribution in [0.15, 0.2) is 0 Å². The summed E-state index contributed by atoms with van der Waals surface area (Å²) in [7, 11) is 4.32. The Kier molecular flexibility index (Phi) is 11.5. The zero-order chi connectivity index (χ0) is 8.69. The molecule has 0 aliphatic carbocycles. The molecule has 0 aliphatic rings. The number of unbranched alkanes of at least 4 members (excludes halogenated alkanes) is 1. The van der Waals surface area contributed by atoms with Gasteiger partial charge in [-0.05, 0) is 26.4 Å². The van der Waals surface area contributed by atoms with Gasteiger partial charge < -0.3 is 4.90 Å². The van der Waals surface area contributed by atoms with E-state index in [0.717, 1.165) is 5.92 Å². The van der Waals surface area contributed by atoms with Crippen LogP contribution in [0.1, 0.15) is 39.5 Å². The van der Waals surface area contributed by atoms with E-state index in [1.54, 1.807) is 0 Å². The molecule has 76 valence electrons. The van der Waals surface area contributed by atoms with Crippen LogP contribution in [0.4, 0.5) is 0 Å². The molecule has 0 spiro atoms. The number of nitrogens with zero attached hydrogens (tertiary/aromatic N) is 1.